The Balaban J connectivity index is 2.13. The van der Waals surface area contributed by atoms with Crippen LogP contribution in [0, 0.1) is 5.92 Å². The molecule has 5 heteroatoms. The number of rotatable bonds is 5. The maximum absolute atomic E-state index is 12.4. The molecule has 0 radical (unpaired) electrons. The van der Waals surface area contributed by atoms with Gasteiger partial charge in [-0.1, -0.05) is 31.2 Å². The Bertz CT molecular complexity index is 530. The third-order valence-electron chi connectivity index (χ3n) is 4.11. The van der Waals surface area contributed by atoms with Gasteiger partial charge in [-0.05, 0) is 30.0 Å². The van der Waals surface area contributed by atoms with E-state index < -0.39 is 12.0 Å². The first-order valence-electron chi connectivity index (χ1n) is 7.32. The number of carbonyl (C=O) groups excluding carboxylic acids is 1. The number of carboxylic acid groups (broad SMARTS) is 1. The molecule has 0 bridgehead atoms. The van der Waals surface area contributed by atoms with Gasteiger partial charge in [-0.2, -0.15) is 0 Å². The van der Waals surface area contributed by atoms with Crippen molar-refractivity contribution >= 4 is 11.9 Å². The van der Waals surface area contributed by atoms with Gasteiger partial charge >= 0.3 is 5.97 Å². The van der Waals surface area contributed by atoms with Crippen molar-refractivity contribution in [3.05, 3.63) is 35.4 Å². The summed E-state index contributed by atoms with van der Waals surface area (Å²) in [7, 11) is 0. The van der Waals surface area contributed by atoms with Crippen molar-refractivity contribution in [3.8, 4) is 0 Å². The van der Waals surface area contributed by atoms with E-state index >= 15 is 0 Å². The van der Waals surface area contributed by atoms with Gasteiger partial charge in [0.1, 0.15) is 6.04 Å². The number of fused-ring (bicyclic) bond motifs is 1. The van der Waals surface area contributed by atoms with Crippen molar-refractivity contribution in [1.29, 1.82) is 0 Å². The molecule has 3 N–H and O–H groups in total. The van der Waals surface area contributed by atoms with E-state index in [1.807, 2.05) is 31.2 Å². The third kappa shape index (κ3) is 3.61. The topological polar surface area (TPSA) is 83.6 Å². The molecular weight excluding hydrogens is 268 g/mol. The first-order valence-corrected chi connectivity index (χ1v) is 7.32. The summed E-state index contributed by atoms with van der Waals surface area (Å²) < 4.78 is 0. The van der Waals surface area contributed by atoms with Crippen LogP contribution >= 0.6 is 0 Å². The predicted octanol–water partition coefficient (Wildman–Crippen LogP) is 1.40. The van der Waals surface area contributed by atoms with Crippen LogP contribution < -0.4 is 5.73 Å². The highest BCUT2D eigenvalue weighted by Gasteiger charge is 2.34. The van der Waals surface area contributed by atoms with Crippen LogP contribution in [-0.2, 0) is 22.6 Å². The number of carboxylic acids is 1. The molecule has 1 aliphatic rings. The lowest BCUT2D eigenvalue weighted by molar-refractivity contribution is -0.151. The minimum Gasteiger partial charge on any atom is -0.480 e. The molecule has 1 aromatic rings. The van der Waals surface area contributed by atoms with Crippen molar-refractivity contribution in [2.45, 2.75) is 38.8 Å². The molecule has 0 saturated heterocycles. The predicted molar refractivity (Wildman–Crippen MR) is 79.6 cm³/mol. The summed E-state index contributed by atoms with van der Waals surface area (Å²) in [5.41, 5.74) is 7.61. The molecule has 21 heavy (non-hydrogen) atoms. The van der Waals surface area contributed by atoms with E-state index in [9.17, 15) is 14.7 Å². The zero-order valence-corrected chi connectivity index (χ0v) is 12.3. The Hall–Kier alpha value is -1.88. The summed E-state index contributed by atoms with van der Waals surface area (Å²) in [6.07, 6.45) is 1.42. The molecule has 2 atom stereocenters. The second-order valence-electron chi connectivity index (χ2n) is 5.73. The summed E-state index contributed by atoms with van der Waals surface area (Å²) >= 11 is 0. The Morgan fingerprint density at radius 2 is 2.05 bits per heavy atom. The maximum Gasteiger partial charge on any atom is 0.326 e. The lowest BCUT2D eigenvalue weighted by atomic mass is 9.93. The van der Waals surface area contributed by atoms with Crippen molar-refractivity contribution in [1.82, 2.24) is 4.90 Å². The zero-order chi connectivity index (χ0) is 15.4. The van der Waals surface area contributed by atoms with Crippen molar-refractivity contribution in [2.24, 2.45) is 11.7 Å². The molecule has 114 valence electrons. The standard InChI is InChI=1S/C16H22N2O3/c1-11(9-17)6-7-15(19)18-10-13-5-3-2-4-12(13)8-14(18)16(20)21/h2-5,11,14H,6-10,17H2,1H3,(H,20,21). The average Bonchev–Trinajstić information content (AvgIpc) is 2.50. The lowest BCUT2D eigenvalue weighted by Gasteiger charge is -2.34. The van der Waals surface area contributed by atoms with E-state index in [1.165, 1.54) is 4.90 Å². The molecule has 0 saturated carbocycles. The molecule has 0 fully saturated rings. The highest BCUT2D eigenvalue weighted by molar-refractivity contribution is 5.84. The van der Waals surface area contributed by atoms with Crippen LogP contribution in [0.25, 0.3) is 0 Å². The van der Waals surface area contributed by atoms with Crippen LogP contribution in [0.5, 0.6) is 0 Å². The van der Waals surface area contributed by atoms with Crippen LogP contribution in [-0.4, -0.2) is 34.5 Å². The summed E-state index contributed by atoms with van der Waals surface area (Å²) in [5, 5.41) is 9.39. The molecule has 2 unspecified atom stereocenters. The molecule has 0 aliphatic carbocycles. The molecule has 1 heterocycles. The first kappa shape index (κ1) is 15.5. The SMILES string of the molecule is CC(CN)CCC(=O)N1Cc2ccccc2CC1C(=O)O. The Kier molecular flexibility index (Phi) is 4.96. The van der Waals surface area contributed by atoms with Gasteiger partial charge in [0.15, 0.2) is 0 Å². The Labute approximate surface area is 124 Å². The number of benzene rings is 1. The number of nitrogens with two attached hydrogens (primary N) is 1. The van der Waals surface area contributed by atoms with Crippen LogP contribution in [0.2, 0.25) is 0 Å². The Morgan fingerprint density at radius 1 is 1.38 bits per heavy atom. The lowest BCUT2D eigenvalue weighted by Crippen LogP contribution is -2.48. The number of aliphatic carboxylic acids is 1. The van der Waals surface area contributed by atoms with Gasteiger partial charge in [0, 0.05) is 19.4 Å². The molecule has 5 nitrogen and oxygen atoms in total. The largest absolute Gasteiger partial charge is 0.480 e. The molecule has 2 rings (SSSR count). The van der Waals surface area contributed by atoms with Crippen LogP contribution in [0.4, 0.5) is 0 Å². The highest BCUT2D eigenvalue weighted by Crippen LogP contribution is 2.24. The second kappa shape index (κ2) is 6.72. The molecular formula is C16H22N2O3. The molecule has 0 spiro atoms. The van der Waals surface area contributed by atoms with Crippen LogP contribution in [0.3, 0.4) is 0 Å². The average molecular weight is 290 g/mol. The van der Waals surface area contributed by atoms with E-state index in [1.54, 1.807) is 0 Å². The fourth-order valence-electron chi connectivity index (χ4n) is 2.64. The van der Waals surface area contributed by atoms with Gasteiger partial charge in [-0.3, -0.25) is 4.79 Å². The van der Waals surface area contributed by atoms with E-state index in [0.29, 0.717) is 32.4 Å². The van der Waals surface area contributed by atoms with Gasteiger partial charge in [-0.15, -0.1) is 0 Å². The number of hydrogen-bond donors (Lipinski definition) is 2. The zero-order valence-electron chi connectivity index (χ0n) is 12.3. The molecule has 1 aliphatic heterocycles. The third-order valence-corrected chi connectivity index (χ3v) is 4.11. The fourth-order valence-corrected chi connectivity index (χ4v) is 2.64. The van der Waals surface area contributed by atoms with E-state index in [4.69, 9.17) is 5.73 Å². The molecule has 1 amide bonds. The Morgan fingerprint density at radius 3 is 2.67 bits per heavy atom. The van der Waals surface area contributed by atoms with Gasteiger partial charge in [0.05, 0.1) is 0 Å². The smallest absolute Gasteiger partial charge is 0.326 e. The maximum atomic E-state index is 12.4. The minimum atomic E-state index is -0.940. The number of amides is 1. The number of hydrogen-bond acceptors (Lipinski definition) is 3. The van der Waals surface area contributed by atoms with Crippen molar-refractivity contribution in [3.63, 3.8) is 0 Å². The van der Waals surface area contributed by atoms with E-state index in [0.717, 1.165) is 11.1 Å². The van der Waals surface area contributed by atoms with Gasteiger partial charge in [-0.25, -0.2) is 4.79 Å². The van der Waals surface area contributed by atoms with Gasteiger partial charge in [0.25, 0.3) is 0 Å². The van der Waals surface area contributed by atoms with Crippen molar-refractivity contribution in [2.75, 3.05) is 6.54 Å². The number of carbonyl (C=O) groups is 2. The van der Waals surface area contributed by atoms with E-state index in [-0.39, 0.29) is 11.8 Å². The van der Waals surface area contributed by atoms with Crippen LogP contribution in [0.1, 0.15) is 30.9 Å². The minimum absolute atomic E-state index is 0.0998. The van der Waals surface area contributed by atoms with Crippen LogP contribution in [0.15, 0.2) is 24.3 Å². The second-order valence-corrected chi connectivity index (χ2v) is 5.73. The number of nitrogens with zero attached hydrogens (tertiary/aromatic N) is 1. The monoisotopic (exact) mass is 290 g/mol. The molecule has 0 aromatic heterocycles. The summed E-state index contributed by atoms with van der Waals surface area (Å²) in [4.78, 5) is 25.3. The van der Waals surface area contributed by atoms with Crippen molar-refractivity contribution < 1.29 is 14.7 Å². The summed E-state index contributed by atoms with van der Waals surface area (Å²) in [6, 6.07) is 6.94. The normalized spacial score (nSPS) is 19.0. The van der Waals surface area contributed by atoms with Gasteiger partial charge in [0.2, 0.25) is 5.91 Å². The van der Waals surface area contributed by atoms with E-state index in [2.05, 4.69) is 0 Å². The first-order chi connectivity index (χ1) is 10.0. The quantitative estimate of drug-likeness (QED) is 0.858. The summed E-state index contributed by atoms with van der Waals surface area (Å²) in [5.74, 6) is -0.767. The molecule has 1 aromatic carbocycles. The fraction of sp³-hybridized carbons (Fsp3) is 0.500. The van der Waals surface area contributed by atoms with Gasteiger partial charge < -0.3 is 15.7 Å². The highest BCUT2D eigenvalue weighted by atomic mass is 16.4. The summed E-state index contributed by atoms with van der Waals surface area (Å²) in [6.45, 7) is 2.91.